The van der Waals surface area contributed by atoms with Crippen molar-refractivity contribution < 1.29 is 8.42 Å². The molecule has 2 aromatic rings. The third-order valence-electron chi connectivity index (χ3n) is 2.47. The number of sulfonamides is 1. The van der Waals surface area contributed by atoms with Gasteiger partial charge in [-0.2, -0.15) is 0 Å². The maximum atomic E-state index is 12.4. The van der Waals surface area contributed by atoms with Gasteiger partial charge in [0.05, 0.1) is 10.7 Å². The Labute approximate surface area is 146 Å². The SMILES string of the molecule is NC(=S)c1ncccc1S(=O)(=O)Nc1ccc(I)cc1Cl. The Bertz CT molecular complexity index is 812. The fourth-order valence-corrected chi connectivity index (χ4v) is 4.00. The highest BCUT2D eigenvalue weighted by atomic mass is 127. The quantitative estimate of drug-likeness (QED) is 0.549. The van der Waals surface area contributed by atoms with Gasteiger partial charge in [0.2, 0.25) is 0 Å². The van der Waals surface area contributed by atoms with Crippen molar-refractivity contribution >= 4 is 67.1 Å². The van der Waals surface area contributed by atoms with Crippen LogP contribution in [0.15, 0.2) is 41.4 Å². The lowest BCUT2D eigenvalue weighted by Crippen LogP contribution is -2.21. The molecule has 0 radical (unpaired) electrons. The molecule has 1 aromatic heterocycles. The maximum absolute atomic E-state index is 12.4. The topological polar surface area (TPSA) is 85.1 Å². The van der Waals surface area contributed by atoms with Crippen molar-refractivity contribution in [1.82, 2.24) is 4.98 Å². The Morgan fingerprint density at radius 2 is 2.10 bits per heavy atom. The van der Waals surface area contributed by atoms with Gasteiger partial charge in [-0.25, -0.2) is 8.42 Å². The average Bonchev–Trinajstić information content (AvgIpc) is 2.42. The molecule has 3 N–H and O–H groups in total. The van der Waals surface area contributed by atoms with E-state index in [4.69, 9.17) is 29.6 Å². The van der Waals surface area contributed by atoms with Crippen molar-refractivity contribution in [3.05, 3.63) is 50.8 Å². The van der Waals surface area contributed by atoms with Crippen LogP contribution in [0.3, 0.4) is 0 Å². The number of nitrogens with two attached hydrogens (primary N) is 1. The summed E-state index contributed by atoms with van der Waals surface area (Å²) in [7, 11) is -3.89. The molecule has 0 atom stereocenters. The number of nitrogens with one attached hydrogen (secondary N) is 1. The molecule has 0 fully saturated rings. The standard InChI is InChI=1S/C12H9ClIN3O2S2/c13-8-6-7(14)3-4-9(8)17-21(18,19)10-2-1-5-16-11(10)12(15)20/h1-6,17H,(H2,15,20). The molecule has 1 heterocycles. The van der Waals surface area contributed by atoms with Crippen LogP contribution in [0.2, 0.25) is 5.02 Å². The predicted octanol–water partition coefficient (Wildman–Crippen LogP) is 2.77. The van der Waals surface area contributed by atoms with Gasteiger partial charge in [0.1, 0.15) is 15.6 Å². The lowest BCUT2D eigenvalue weighted by atomic mass is 10.3. The van der Waals surface area contributed by atoms with E-state index in [1.807, 2.05) is 0 Å². The summed E-state index contributed by atoms with van der Waals surface area (Å²) in [5.74, 6) is 0. The van der Waals surface area contributed by atoms with Crippen molar-refractivity contribution in [2.75, 3.05) is 4.72 Å². The number of hydrogen-bond acceptors (Lipinski definition) is 4. The first kappa shape index (κ1) is 16.4. The second-order valence-corrected chi connectivity index (χ2v) is 7.69. The number of halogens is 2. The first-order chi connectivity index (χ1) is 9.81. The lowest BCUT2D eigenvalue weighted by molar-refractivity contribution is 0.600. The van der Waals surface area contributed by atoms with E-state index in [0.29, 0.717) is 5.02 Å². The van der Waals surface area contributed by atoms with Gasteiger partial charge in [0.15, 0.2) is 0 Å². The molecule has 0 aliphatic carbocycles. The maximum Gasteiger partial charge on any atom is 0.264 e. The minimum atomic E-state index is -3.89. The first-order valence-electron chi connectivity index (χ1n) is 5.54. The molecular weight excluding hydrogens is 445 g/mol. The fraction of sp³-hybridized carbons (Fsp3) is 0. The van der Waals surface area contributed by atoms with Gasteiger partial charge < -0.3 is 5.73 Å². The molecule has 0 amide bonds. The number of pyridine rings is 1. The van der Waals surface area contributed by atoms with Gasteiger partial charge in [-0.05, 0) is 52.9 Å². The summed E-state index contributed by atoms with van der Waals surface area (Å²) < 4.78 is 28.2. The Hall–Kier alpha value is -0.970. The van der Waals surface area contributed by atoms with Crippen molar-refractivity contribution in [1.29, 1.82) is 0 Å². The molecule has 21 heavy (non-hydrogen) atoms. The zero-order chi connectivity index (χ0) is 15.6. The molecule has 5 nitrogen and oxygen atoms in total. The van der Waals surface area contributed by atoms with Crippen LogP contribution in [-0.4, -0.2) is 18.4 Å². The summed E-state index contributed by atoms with van der Waals surface area (Å²) in [5.41, 5.74) is 5.82. The van der Waals surface area contributed by atoms with Gasteiger partial charge >= 0.3 is 0 Å². The molecule has 110 valence electrons. The zero-order valence-corrected chi connectivity index (χ0v) is 14.9. The van der Waals surface area contributed by atoms with Gasteiger partial charge in [0, 0.05) is 9.77 Å². The number of aromatic nitrogens is 1. The molecule has 0 aliphatic heterocycles. The normalized spacial score (nSPS) is 11.1. The summed E-state index contributed by atoms with van der Waals surface area (Å²) in [6.07, 6.45) is 1.42. The minimum Gasteiger partial charge on any atom is -0.388 e. The van der Waals surface area contributed by atoms with Crippen LogP contribution in [0.4, 0.5) is 5.69 Å². The van der Waals surface area contributed by atoms with Crippen LogP contribution in [0, 0.1) is 3.57 Å². The Kier molecular flexibility index (Phi) is 5.02. The second kappa shape index (κ2) is 6.42. The fourth-order valence-electron chi connectivity index (χ4n) is 1.56. The largest absolute Gasteiger partial charge is 0.388 e. The number of nitrogens with zero attached hydrogens (tertiary/aromatic N) is 1. The van der Waals surface area contributed by atoms with Crippen LogP contribution in [0.25, 0.3) is 0 Å². The van der Waals surface area contributed by atoms with Crippen molar-refractivity contribution in [3.8, 4) is 0 Å². The summed E-state index contributed by atoms with van der Waals surface area (Å²) in [6.45, 7) is 0. The molecular formula is C12H9ClIN3O2S2. The van der Waals surface area contributed by atoms with Gasteiger partial charge in [-0.1, -0.05) is 23.8 Å². The predicted molar refractivity (Wildman–Crippen MR) is 95.1 cm³/mol. The highest BCUT2D eigenvalue weighted by molar-refractivity contribution is 14.1. The van der Waals surface area contributed by atoms with Gasteiger partial charge in [0.25, 0.3) is 10.0 Å². The highest BCUT2D eigenvalue weighted by Gasteiger charge is 2.21. The number of hydrogen-bond donors (Lipinski definition) is 2. The van der Waals surface area contributed by atoms with E-state index in [0.717, 1.165) is 3.57 Å². The minimum absolute atomic E-state index is 0.0432. The van der Waals surface area contributed by atoms with Crippen molar-refractivity contribution in [2.45, 2.75) is 4.90 Å². The molecule has 2 rings (SSSR count). The Morgan fingerprint density at radius 1 is 1.38 bits per heavy atom. The number of rotatable bonds is 4. The van der Waals surface area contributed by atoms with E-state index in [-0.39, 0.29) is 21.3 Å². The van der Waals surface area contributed by atoms with E-state index in [1.54, 1.807) is 18.2 Å². The summed E-state index contributed by atoms with van der Waals surface area (Å²) in [6, 6.07) is 7.84. The number of anilines is 1. The molecule has 0 unspecified atom stereocenters. The van der Waals surface area contributed by atoms with Crippen LogP contribution in [-0.2, 0) is 10.0 Å². The van der Waals surface area contributed by atoms with E-state index in [2.05, 4.69) is 32.3 Å². The average molecular weight is 454 g/mol. The highest BCUT2D eigenvalue weighted by Crippen LogP contribution is 2.26. The second-order valence-electron chi connectivity index (χ2n) is 3.94. The molecule has 1 aromatic carbocycles. The molecule has 0 spiro atoms. The monoisotopic (exact) mass is 453 g/mol. The van der Waals surface area contributed by atoms with E-state index < -0.39 is 10.0 Å². The van der Waals surface area contributed by atoms with E-state index >= 15 is 0 Å². The van der Waals surface area contributed by atoms with E-state index in [1.165, 1.54) is 18.3 Å². The van der Waals surface area contributed by atoms with Crippen LogP contribution >= 0.6 is 46.4 Å². The zero-order valence-electron chi connectivity index (χ0n) is 10.4. The summed E-state index contributed by atoms with van der Waals surface area (Å²) >= 11 is 12.9. The molecule has 0 saturated heterocycles. The lowest BCUT2D eigenvalue weighted by Gasteiger charge is -2.12. The number of thiocarbonyl (C=S) groups is 1. The molecule has 0 bridgehead atoms. The van der Waals surface area contributed by atoms with Crippen molar-refractivity contribution in [2.24, 2.45) is 5.73 Å². The van der Waals surface area contributed by atoms with Crippen molar-refractivity contribution in [3.63, 3.8) is 0 Å². The smallest absolute Gasteiger partial charge is 0.264 e. The van der Waals surface area contributed by atoms with Crippen LogP contribution < -0.4 is 10.5 Å². The Balaban J connectivity index is 2.46. The van der Waals surface area contributed by atoms with Crippen LogP contribution in [0.5, 0.6) is 0 Å². The van der Waals surface area contributed by atoms with Gasteiger partial charge in [-0.3, -0.25) is 9.71 Å². The Morgan fingerprint density at radius 3 is 2.71 bits per heavy atom. The first-order valence-corrected chi connectivity index (χ1v) is 8.89. The molecule has 0 saturated carbocycles. The summed E-state index contributed by atoms with van der Waals surface area (Å²) in [4.78, 5) is 3.72. The summed E-state index contributed by atoms with van der Waals surface area (Å²) in [5, 5.41) is 0.297. The third kappa shape index (κ3) is 3.82. The van der Waals surface area contributed by atoms with Crippen LogP contribution in [0.1, 0.15) is 5.69 Å². The third-order valence-corrected chi connectivity index (χ3v) is 5.04. The molecule has 9 heteroatoms. The van der Waals surface area contributed by atoms with E-state index in [9.17, 15) is 8.42 Å². The molecule has 0 aliphatic rings. The van der Waals surface area contributed by atoms with Gasteiger partial charge in [-0.15, -0.1) is 0 Å². The number of benzene rings is 1.